The zero-order valence-electron chi connectivity index (χ0n) is 6.84. The van der Waals surface area contributed by atoms with Gasteiger partial charge in [-0.1, -0.05) is 0 Å². The number of hydrogen-bond acceptors (Lipinski definition) is 11. The second-order valence-electron chi connectivity index (χ2n) is 2.42. The SMILES string of the molecule is O[Si](O)(O)[O][Al]1[O][Si](O)(O)O[Si](O)(O)[O]1. The zero-order chi connectivity index (χ0) is 11.9. The molecule has 88 valence electrons. The summed E-state index contributed by atoms with van der Waals surface area (Å²) in [5.74, 6) is 0. The van der Waals surface area contributed by atoms with Gasteiger partial charge in [0.05, 0.1) is 0 Å². The number of hydrogen-bond donors (Lipinski definition) is 7. The Kier molecular flexibility index (Phi) is 3.87. The van der Waals surface area contributed by atoms with Crippen LogP contribution in [0.2, 0.25) is 0 Å². The van der Waals surface area contributed by atoms with Gasteiger partial charge in [0.2, 0.25) is 0 Å². The van der Waals surface area contributed by atoms with E-state index in [2.05, 4.69) is 14.5 Å². The molecule has 1 aliphatic rings. The largest absolute Gasteiger partial charge is 0.886 e. The van der Waals surface area contributed by atoms with Crippen molar-refractivity contribution in [2.24, 2.45) is 0 Å². The van der Waals surface area contributed by atoms with Crippen molar-refractivity contribution >= 4 is 42.3 Å². The van der Waals surface area contributed by atoms with Crippen molar-refractivity contribution in [3.8, 4) is 0 Å². The van der Waals surface area contributed by atoms with E-state index in [0.717, 1.165) is 0 Å². The maximum Gasteiger partial charge on any atom is 0.886 e. The third-order valence-electron chi connectivity index (χ3n) is 1.02. The van der Waals surface area contributed by atoms with Crippen molar-refractivity contribution in [2.45, 2.75) is 0 Å². The Morgan fingerprint density at radius 1 is 0.933 bits per heavy atom. The molecule has 0 bridgehead atoms. The molecule has 1 heterocycles. The first-order chi connectivity index (χ1) is 6.49. The smallest absolute Gasteiger partial charge is 0.435 e. The molecule has 15 heavy (non-hydrogen) atoms. The predicted octanol–water partition coefficient (Wildman–Crippen LogP) is -5.70. The van der Waals surface area contributed by atoms with Crippen LogP contribution in [0, 0.1) is 0 Å². The molecule has 1 fully saturated rings. The van der Waals surface area contributed by atoms with Crippen LogP contribution in [-0.4, -0.2) is 75.9 Å². The molecule has 7 N–H and O–H groups in total. The van der Waals surface area contributed by atoms with Crippen LogP contribution in [0.25, 0.3) is 0 Å². The van der Waals surface area contributed by atoms with Crippen LogP contribution in [0.5, 0.6) is 0 Å². The molecule has 1 saturated heterocycles. The van der Waals surface area contributed by atoms with Crippen LogP contribution in [0.3, 0.4) is 0 Å². The van der Waals surface area contributed by atoms with E-state index in [1.165, 1.54) is 0 Å². The van der Waals surface area contributed by atoms with Gasteiger partial charge in [0.15, 0.2) is 0 Å². The van der Waals surface area contributed by atoms with Crippen LogP contribution in [0.15, 0.2) is 0 Å². The highest BCUT2D eigenvalue weighted by Gasteiger charge is 2.65. The highest BCUT2D eigenvalue weighted by molar-refractivity contribution is 6.78. The van der Waals surface area contributed by atoms with Gasteiger partial charge in [-0.25, -0.2) is 0 Å². The van der Waals surface area contributed by atoms with E-state index in [9.17, 15) is 0 Å². The highest BCUT2D eigenvalue weighted by Crippen LogP contribution is 2.18. The third-order valence-corrected chi connectivity index (χ3v) is 9.18. The second kappa shape index (κ2) is 4.20. The van der Waals surface area contributed by atoms with Crippen molar-refractivity contribution in [1.29, 1.82) is 0 Å². The van der Waals surface area contributed by atoms with Crippen molar-refractivity contribution in [2.75, 3.05) is 0 Å². The number of rotatable bonds is 2. The fourth-order valence-corrected chi connectivity index (χ4v) is 8.22. The molecule has 0 amide bonds. The van der Waals surface area contributed by atoms with Crippen LogP contribution >= 0.6 is 0 Å². The first kappa shape index (κ1) is 13.8. The van der Waals surface area contributed by atoms with Gasteiger partial charge in [0.1, 0.15) is 0 Å². The molecule has 0 aromatic rings. The first-order valence-electron chi connectivity index (χ1n) is 3.29. The molecule has 11 nitrogen and oxygen atoms in total. The van der Waals surface area contributed by atoms with Crippen molar-refractivity contribution < 1.29 is 48.1 Å². The molecule has 0 unspecified atom stereocenters. The van der Waals surface area contributed by atoms with Crippen molar-refractivity contribution in [1.82, 2.24) is 0 Å². The fourth-order valence-electron chi connectivity index (χ4n) is 0.673. The van der Waals surface area contributed by atoms with E-state index in [4.69, 9.17) is 33.6 Å². The summed E-state index contributed by atoms with van der Waals surface area (Å²) in [6.45, 7) is 0. The van der Waals surface area contributed by atoms with Crippen LogP contribution < -0.4 is 0 Å². The topological polar surface area (TPSA) is 179 Å². The summed E-state index contributed by atoms with van der Waals surface area (Å²) in [6, 6.07) is 0. The Hall–Kier alpha value is 0.743. The van der Waals surface area contributed by atoms with Crippen molar-refractivity contribution in [3.63, 3.8) is 0 Å². The predicted molar refractivity (Wildman–Crippen MR) is 42.9 cm³/mol. The van der Waals surface area contributed by atoms with E-state index >= 15 is 0 Å². The quantitative estimate of drug-likeness (QED) is 0.241. The Morgan fingerprint density at radius 2 is 1.33 bits per heavy atom. The van der Waals surface area contributed by atoms with Gasteiger partial charge in [-0.2, -0.15) is 0 Å². The average Bonchev–Trinajstić information content (AvgIpc) is 1.70. The minimum atomic E-state index is -5.01. The van der Waals surface area contributed by atoms with Gasteiger partial charge < -0.3 is 48.1 Å². The summed E-state index contributed by atoms with van der Waals surface area (Å²) in [7, 11) is -14.7. The van der Waals surface area contributed by atoms with E-state index < -0.39 is 42.3 Å². The third kappa shape index (κ3) is 5.06. The summed E-state index contributed by atoms with van der Waals surface area (Å²) in [6.07, 6.45) is 0. The van der Waals surface area contributed by atoms with Gasteiger partial charge in [-0.3, -0.25) is 0 Å². The molecular formula is H7AlO11Si3. The lowest BCUT2D eigenvalue weighted by molar-refractivity contribution is -0.0130. The minimum Gasteiger partial charge on any atom is -0.435 e. The van der Waals surface area contributed by atoms with Gasteiger partial charge in [-0.05, 0) is 0 Å². The molecule has 15 heteroatoms. The summed E-state index contributed by atoms with van der Waals surface area (Å²) in [5.41, 5.74) is 0. The molecule has 0 aromatic heterocycles. The average molecular weight is 294 g/mol. The van der Waals surface area contributed by atoms with Crippen molar-refractivity contribution in [3.05, 3.63) is 0 Å². The van der Waals surface area contributed by atoms with E-state index in [1.807, 2.05) is 0 Å². The van der Waals surface area contributed by atoms with E-state index in [0.29, 0.717) is 0 Å². The van der Waals surface area contributed by atoms with E-state index in [-0.39, 0.29) is 0 Å². The first-order valence-corrected chi connectivity index (χ1v) is 9.88. The normalized spacial score (nSPS) is 25.4. The molecule has 0 aliphatic carbocycles. The van der Waals surface area contributed by atoms with Gasteiger partial charge in [-0.15, -0.1) is 0 Å². The molecule has 1 rings (SSSR count). The Balaban J connectivity index is 2.68. The van der Waals surface area contributed by atoms with Gasteiger partial charge in [0.25, 0.3) is 0 Å². The second-order valence-corrected chi connectivity index (χ2v) is 9.98. The summed E-state index contributed by atoms with van der Waals surface area (Å²) in [5, 5.41) is 0. The molecule has 0 spiro atoms. The van der Waals surface area contributed by atoms with Gasteiger partial charge in [0, 0.05) is 0 Å². The molecule has 0 radical (unpaired) electrons. The van der Waals surface area contributed by atoms with Crippen LogP contribution in [0.1, 0.15) is 0 Å². The fraction of sp³-hybridized carbons (Fsp3) is 0. The highest BCUT2D eigenvalue weighted by atomic mass is 28.5. The lowest BCUT2D eigenvalue weighted by Crippen LogP contribution is -2.68. The maximum absolute atomic E-state index is 8.89. The van der Waals surface area contributed by atoms with Gasteiger partial charge >= 0.3 is 42.3 Å². The molecule has 1 aliphatic heterocycles. The zero-order valence-corrected chi connectivity index (χ0v) is 11.0. The molecule has 0 saturated carbocycles. The Morgan fingerprint density at radius 3 is 1.67 bits per heavy atom. The lowest BCUT2D eigenvalue weighted by Gasteiger charge is -2.33. The molecular weight excluding hydrogens is 287 g/mol. The summed E-state index contributed by atoms with van der Waals surface area (Å²) in [4.78, 5) is 61.0. The summed E-state index contributed by atoms with van der Waals surface area (Å²) >= 11 is -3.69. The molecule has 0 atom stereocenters. The Labute approximate surface area is 90.8 Å². The van der Waals surface area contributed by atoms with Crippen LogP contribution in [0.4, 0.5) is 0 Å². The lowest BCUT2D eigenvalue weighted by atomic mass is 15.5. The monoisotopic (exact) mass is 294 g/mol. The summed E-state index contributed by atoms with van der Waals surface area (Å²) < 4.78 is 16.2. The standard InChI is InChI=1S/Al.H4O7Si2.H3O4Si/c;1-8(2,3)7-9(4,5)6;1-5(2,3)4/h;1-2,4-5H;1-3H/q+3;-2;-1. The Bertz CT molecular complexity index is 212. The molecule has 0 aromatic carbocycles. The maximum atomic E-state index is 8.89. The van der Waals surface area contributed by atoms with Crippen LogP contribution in [-0.2, 0) is 14.5 Å². The minimum absolute atomic E-state index is 3.69. The van der Waals surface area contributed by atoms with E-state index in [1.54, 1.807) is 0 Å².